The second-order valence-corrected chi connectivity index (χ2v) is 5.99. The fourth-order valence-electron chi connectivity index (χ4n) is 3.45. The lowest BCUT2D eigenvalue weighted by Gasteiger charge is -2.24. The first-order valence-electron chi connectivity index (χ1n) is 7.54. The van der Waals surface area contributed by atoms with Gasteiger partial charge in [0, 0.05) is 12.6 Å². The van der Waals surface area contributed by atoms with Crippen molar-refractivity contribution in [2.75, 3.05) is 0 Å². The minimum atomic E-state index is -0.0276. The van der Waals surface area contributed by atoms with Gasteiger partial charge >= 0.3 is 0 Å². The number of phenols is 1. The van der Waals surface area contributed by atoms with E-state index in [0.29, 0.717) is 18.5 Å². The van der Waals surface area contributed by atoms with Crippen LogP contribution in [0.25, 0.3) is 0 Å². The lowest BCUT2D eigenvalue weighted by atomic mass is 9.85. The van der Waals surface area contributed by atoms with E-state index in [-0.39, 0.29) is 17.7 Å². The molecule has 2 fully saturated rings. The summed E-state index contributed by atoms with van der Waals surface area (Å²) in [5.41, 5.74) is 1.01. The number of phenolic OH excluding ortho intramolecular Hbond substituents is 1. The van der Waals surface area contributed by atoms with Crippen LogP contribution in [0.5, 0.6) is 5.75 Å². The van der Waals surface area contributed by atoms with E-state index in [2.05, 4.69) is 10.6 Å². The van der Waals surface area contributed by atoms with Gasteiger partial charge in [0.15, 0.2) is 0 Å². The maximum atomic E-state index is 12.2. The SMILES string of the molecule is O=C(NCc1ccc(O)cc1)C1CC2CCCCC2N1. The predicted molar refractivity (Wildman–Crippen MR) is 77.2 cm³/mol. The van der Waals surface area contributed by atoms with E-state index in [1.165, 1.54) is 25.7 Å². The summed E-state index contributed by atoms with van der Waals surface area (Å²) in [5, 5.41) is 15.7. The van der Waals surface area contributed by atoms with E-state index in [9.17, 15) is 9.90 Å². The van der Waals surface area contributed by atoms with Crippen LogP contribution in [0.3, 0.4) is 0 Å². The van der Waals surface area contributed by atoms with E-state index in [0.717, 1.165) is 12.0 Å². The molecule has 0 aromatic heterocycles. The molecule has 1 heterocycles. The Labute approximate surface area is 119 Å². The third-order valence-electron chi connectivity index (χ3n) is 4.58. The molecule has 0 bridgehead atoms. The molecule has 1 saturated carbocycles. The fraction of sp³-hybridized carbons (Fsp3) is 0.562. The molecule has 0 spiro atoms. The molecule has 3 N–H and O–H groups in total. The Kier molecular flexibility index (Phi) is 3.92. The molecule has 1 aromatic rings. The second kappa shape index (κ2) is 5.83. The topological polar surface area (TPSA) is 61.4 Å². The average Bonchev–Trinajstić information content (AvgIpc) is 2.90. The van der Waals surface area contributed by atoms with Crippen LogP contribution in [0.1, 0.15) is 37.7 Å². The average molecular weight is 274 g/mol. The van der Waals surface area contributed by atoms with Crippen LogP contribution in [0.15, 0.2) is 24.3 Å². The first kappa shape index (κ1) is 13.4. The normalized spacial score (nSPS) is 28.9. The summed E-state index contributed by atoms with van der Waals surface area (Å²) >= 11 is 0. The van der Waals surface area contributed by atoms with Crippen molar-refractivity contribution in [3.8, 4) is 5.75 Å². The summed E-state index contributed by atoms with van der Waals surface area (Å²) in [6.45, 7) is 0.520. The molecule has 4 nitrogen and oxygen atoms in total. The summed E-state index contributed by atoms with van der Waals surface area (Å²) in [6, 6.07) is 7.47. The molecule has 1 amide bonds. The Balaban J connectivity index is 1.51. The minimum absolute atomic E-state index is 0.0276. The molecular formula is C16H22N2O2. The van der Waals surface area contributed by atoms with Crippen molar-refractivity contribution in [3.05, 3.63) is 29.8 Å². The van der Waals surface area contributed by atoms with E-state index in [1.807, 2.05) is 12.1 Å². The summed E-state index contributed by atoms with van der Waals surface area (Å²) in [7, 11) is 0. The zero-order valence-electron chi connectivity index (χ0n) is 11.6. The highest BCUT2D eigenvalue weighted by Gasteiger charge is 2.37. The smallest absolute Gasteiger partial charge is 0.237 e. The summed E-state index contributed by atoms with van der Waals surface area (Å²) in [6.07, 6.45) is 6.05. The number of benzene rings is 1. The van der Waals surface area contributed by atoms with Gasteiger partial charge in [0.25, 0.3) is 0 Å². The molecular weight excluding hydrogens is 252 g/mol. The lowest BCUT2D eigenvalue weighted by Crippen LogP contribution is -2.42. The monoisotopic (exact) mass is 274 g/mol. The molecule has 1 aliphatic heterocycles. The third kappa shape index (κ3) is 2.96. The Hall–Kier alpha value is -1.55. The highest BCUT2D eigenvalue weighted by molar-refractivity contribution is 5.82. The molecule has 3 rings (SSSR count). The molecule has 108 valence electrons. The number of aromatic hydroxyl groups is 1. The number of nitrogens with one attached hydrogen (secondary N) is 2. The van der Waals surface area contributed by atoms with Crippen molar-refractivity contribution in [2.24, 2.45) is 5.92 Å². The molecule has 1 aromatic carbocycles. The molecule has 1 saturated heterocycles. The van der Waals surface area contributed by atoms with Crippen molar-refractivity contribution >= 4 is 5.91 Å². The van der Waals surface area contributed by atoms with Crippen LogP contribution in [0.2, 0.25) is 0 Å². The standard InChI is InChI=1S/C16H22N2O2/c19-13-7-5-11(6-8-13)10-17-16(20)15-9-12-3-1-2-4-14(12)18-15/h5-8,12,14-15,18-19H,1-4,9-10H2,(H,17,20). The van der Waals surface area contributed by atoms with Gasteiger partial charge in [-0.05, 0) is 42.9 Å². The lowest BCUT2D eigenvalue weighted by molar-refractivity contribution is -0.123. The second-order valence-electron chi connectivity index (χ2n) is 5.99. The Morgan fingerprint density at radius 3 is 2.75 bits per heavy atom. The van der Waals surface area contributed by atoms with Gasteiger partial charge in [-0.2, -0.15) is 0 Å². The fourth-order valence-corrected chi connectivity index (χ4v) is 3.45. The zero-order chi connectivity index (χ0) is 13.9. The van der Waals surface area contributed by atoms with Gasteiger partial charge in [0.1, 0.15) is 5.75 Å². The molecule has 3 atom stereocenters. The van der Waals surface area contributed by atoms with E-state index in [4.69, 9.17) is 0 Å². The van der Waals surface area contributed by atoms with Gasteiger partial charge in [-0.25, -0.2) is 0 Å². The molecule has 3 unspecified atom stereocenters. The first-order valence-corrected chi connectivity index (χ1v) is 7.54. The Bertz CT molecular complexity index is 458. The number of carbonyl (C=O) groups excluding carboxylic acids is 1. The molecule has 0 radical (unpaired) electrons. The number of rotatable bonds is 3. The first-order chi connectivity index (χ1) is 9.72. The van der Waals surface area contributed by atoms with Crippen LogP contribution in [0, 0.1) is 5.92 Å². The number of amides is 1. The van der Waals surface area contributed by atoms with Gasteiger partial charge in [-0.15, -0.1) is 0 Å². The maximum Gasteiger partial charge on any atom is 0.237 e. The van der Waals surface area contributed by atoms with Crippen LogP contribution >= 0.6 is 0 Å². The predicted octanol–water partition coefficient (Wildman–Crippen LogP) is 1.93. The Morgan fingerprint density at radius 2 is 2.00 bits per heavy atom. The minimum Gasteiger partial charge on any atom is -0.508 e. The third-order valence-corrected chi connectivity index (χ3v) is 4.58. The molecule has 2 aliphatic rings. The van der Waals surface area contributed by atoms with Crippen molar-refractivity contribution in [3.63, 3.8) is 0 Å². The van der Waals surface area contributed by atoms with E-state index >= 15 is 0 Å². The summed E-state index contributed by atoms with van der Waals surface area (Å²) in [5.74, 6) is 1.04. The highest BCUT2D eigenvalue weighted by Crippen LogP contribution is 2.33. The number of carbonyl (C=O) groups is 1. The van der Waals surface area contributed by atoms with Crippen LogP contribution < -0.4 is 10.6 Å². The van der Waals surface area contributed by atoms with Crippen molar-refractivity contribution < 1.29 is 9.90 Å². The maximum absolute atomic E-state index is 12.2. The summed E-state index contributed by atoms with van der Waals surface area (Å²) < 4.78 is 0. The molecule has 1 aliphatic carbocycles. The number of hydrogen-bond donors (Lipinski definition) is 3. The van der Waals surface area contributed by atoms with Crippen molar-refractivity contribution in [1.29, 1.82) is 0 Å². The number of hydrogen-bond acceptors (Lipinski definition) is 3. The van der Waals surface area contributed by atoms with Crippen LogP contribution in [0.4, 0.5) is 0 Å². The number of fused-ring (bicyclic) bond motifs is 1. The van der Waals surface area contributed by atoms with Gasteiger partial charge in [0.2, 0.25) is 5.91 Å². The molecule has 4 heteroatoms. The largest absolute Gasteiger partial charge is 0.508 e. The van der Waals surface area contributed by atoms with E-state index < -0.39 is 0 Å². The zero-order valence-corrected chi connectivity index (χ0v) is 11.6. The van der Waals surface area contributed by atoms with Gasteiger partial charge < -0.3 is 15.7 Å². The Morgan fingerprint density at radius 1 is 1.25 bits per heavy atom. The van der Waals surface area contributed by atoms with Gasteiger partial charge in [-0.1, -0.05) is 25.0 Å². The van der Waals surface area contributed by atoms with Crippen LogP contribution in [-0.2, 0) is 11.3 Å². The van der Waals surface area contributed by atoms with Crippen LogP contribution in [-0.4, -0.2) is 23.1 Å². The summed E-state index contributed by atoms with van der Waals surface area (Å²) in [4.78, 5) is 12.2. The van der Waals surface area contributed by atoms with Gasteiger partial charge in [0.05, 0.1) is 6.04 Å². The van der Waals surface area contributed by atoms with E-state index in [1.54, 1.807) is 12.1 Å². The molecule has 20 heavy (non-hydrogen) atoms. The van der Waals surface area contributed by atoms with Gasteiger partial charge in [-0.3, -0.25) is 4.79 Å². The van der Waals surface area contributed by atoms with Crippen molar-refractivity contribution in [1.82, 2.24) is 10.6 Å². The quantitative estimate of drug-likeness (QED) is 0.789. The van der Waals surface area contributed by atoms with Crippen molar-refractivity contribution in [2.45, 2.75) is 50.7 Å². The highest BCUT2D eigenvalue weighted by atomic mass is 16.3.